The number of aliphatic hydroxyl groups excluding tert-OH is 2. The van der Waals surface area contributed by atoms with Crippen LogP contribution in [0.3, 0.4) is 0 Å². The van der Waals surface area contributed by atoms with Crippen molar-refractivity contribution in [2.45, 2.75) is 19.1 Å². The number of benzene rings is 1. The summed E-state index contributed by atoms with van der Waals surface area (Å²) in [6.45, 7) is 1.53. The Labute approximate surface area is 103 Å². The van der Waals surface area contributed by atoms with Crippen LogP contribution in [-0.2, 0) is 9.53 Å². The van der Waals surface area contributed by atoms with Gasteiger partial charge in [-0.1, -0.05) is 0 Å². The van der Waals surface area contributed by atoms with Gasteiger partial charge in [0.2, 0.25) is 0 Å². The van der Waals surface area contributed by atoms with Crippen molar-refractivity contribution >= 4 is 5.97 Å². The third-order valence-corrected chi connectivity index (χ3v) is 2.24. The summed E-state index contributed by atoms with van der Waals surface area (Å²) in [5.41, 5.74) is -0.464. The average molecular weight is 258 g/mol. The summed E-state index contributed by atoms with van der Waals surface area (Å²) >= 11 is 0. The number of phenolic OH excluding ortho intramolecular Hbond substituents is 3. The second-order valence-electron chi connectivity index (χ2n) is 3.54. The zero-order valence-corrected chi connectivity index (χ0v) is 9.57. The fourth-order valence-electron chi connectivity index (χ4n) is 1.43. The molecule has 0 saturated carbocycles. The van der Waals surface area contributed by atoms with E-state index in [1.54, 1.807) is 0 Å². The van der Waals surface area contributed by atoms with Gasteiger partial charge in [0.05, 0.1) is 12.2 Å². The van der Waals surface area contributed by atoms with Crippen LogP contribution in [0.15, 0.2) is 12.1 Å². The summed E-state index contributed by atoms with van der Waals surface area (Å²) in [6, 6.07) is 1.71. The number of phenols is 3. The van der Waals surface area contributed by atoms with E-state index in [4.69, 9.17) is 5.11 Å². The van der Waals surface area contributed by atoms with Gasteiger partial charge in [-0.15, -0.1) is 0 Å². The summed E-state index contributed by atoms with van der Waals surface area (Å²) in [7, 11) is 0. The van der Waals surface area contributed by atoms with Crippen molar-refractivity contribution in [1.29, 1.82) is 0 Å². The Bertz CT molecular complexity index is 420. The highest BCUT2D eigenvalue weighted by atomic mass is 16.5. The van der Waals surface area contributed by atoms with E-state index < -0.39 is 41.0 Å². The summed E-state index contributed by atoms with van der Waals surface area (Å²) in [4.78, 5) is 11.2. The first-order valence-corrected chi connectivity index (χ1v) is 5.16. The standard InChI is InChI=1S/C11H14O7/c1-2-18-11(17)10(16)9(15)8-6(13)3-5(12)4-7(8)14/h3-4,9-10,12-16H,2H2,1H3. The molecule has 100 valence electrons. The number of ether oxygens (including phenoxy) is 1. The van der Waals surface area contributed by atoms with E-state index in [2.05, 4.69) is 4.74 Å². The molecular formula is C11H14O7. The van der Waals surface area contributed by atoms with Crippen LogP contribution < -0.4 is 0 Å². The number of rotatable bonds is 4. The average Bonchev–Trinajstić information content (AvgIpc) is 2.26. The number of aromatic hydroxyl groups is 3. The van der Waals surface area contributed by atoms with Crippen LogP contribution in [0.25, 0.3) is 0 Å². The van der Waals surface area contributed by atoms with Gasteiger partial charge in [0.1, 0.15) is 23.4 Å². The molecule has 2 atom stereocenters. The number of esters is 1. The molecule has 7 heteroatoms. The minimum Gasteiger partial charge on any atom is -0.508 e. The molecule has 0 radical (unpaired) electrons. The summed E-state index contributed by atoms with van der Waals surface area (Å²) < 4.78 is 4.49. The Balaban J connectivity index is 3.03. The molecule has 18 heavy (non-hydrogen) atoms. The summed E-state index contributed by atoms with van der Waals surface area (Å²) in [6.07, 6.45) is -3.82. The molecule has 1 rings (SSSR count). The lowest BCUT2D eigenvalue weighted by Crippen LogP contribution is -2.30. The quantitative estimate of drug-likeness (QED) is 0.471. The molecule has 7 nitrogen and oxygen atoms in total. The Hall–Kier alpha value is -1.99. The Morgan fingerprint density at radius 1 is 1.22 bits per heavy atom. The van der Waals surface area contributed by atoms with Crippen molar-refractivity contribution in [3.63, 3.8) is 0 Å². The molecule has 0 aromatic heterocycles. The molecule has 0 fully saturated rings. The van der Waals surface area contributed by atoms with Crippen molar-refractivity contribution in [2.75, 3.05) is 6.61 Å². The SMILES string of the molecule is CCOC(=O)C(O)C(O)c1c(O)cc(O)cc1O. The van der Waals surface area contributed by atoms with E-state index in [0.717, 1.165) is 12.1 Å². The molecular weight excluding hydrogens is 244 g/mol. The number of aliphatic hydroxyl groups is 2. The predicted molar refractivity (Wildman–Crippen MR) is 59.0 cm³/mol. The highest BCUT2D eigenvalue weighted by molar-refractivity contribution is 5.76. The zero-order valence-electron chi connectivity index (χ0n) is 9.57. The maximum atomic E-state index is 11.2. The maximum Gasteiger partial charge on any atom is 0.338 e. The molecule has 0 aliphatic rings. The van der Waals surface area contributed by atoms with Gasteiger partial charge in [-0.05, 0) is 6.92 Å². The summed E-state index contributed by atoms with van der Waals surface area (Å²) in [5.74, 6) is -2.81. The number of hydrogen-bond acceptors (Lipinski definition) is 7. The van der Waals surface area contributed by atoms with Crippen LogP contribution in [0.5, 0.6) is 17.2 Å². The predicted octanol–water partition coefficient (Wildman–Crippen LogP) is -0.239. The fraction of sp³-hybridized carbons (Fsp3) is 0.364. The highest BCUT2D eigenvalue weighted by Crippen LogP contribution is 2.37. The van der Waals surface area contributed by atoms with Gasteiger partial charge in [-0.25, -0.2) is 4.79 Å². The van der Waals surface area contributed by atoms with Gasteiger partial charge in [0.25, 0.3) is 0 Å². The van der Waals surface area contributed by atoms with Crippen molar-refractivity contribution in [3.05, 3.63) is 17.7 Å². The van der Waals surface area contributed by atoms with Crippen molar-refractivity contribution in [3.8, 4) is 17.2 Å². The monoisotopic (exact) mass is 258 g/mol. The lowest BCUT2D eigenvalue weighted by atomic mass is 10.0. The van der Waals surface area contributed by atoms with E-state index in [1.807, 2.05) is 0 Å². The Morgan fingerprint density at radius 3 is 2.17 bits per heavy atom. The van der Waals surface area contributed by atoms with E-state index >= 15 is 0 Å². The smallest absolute Gasteiger partial charge is 0.338 e. The first kappa shape index (κ1) is 14.1. The molecule has 0 amide bonds. The van der Waals surface area contributed by atoms with Gasteiger partial charge in [-0.2, -0.15) is 0 Å². The normalized spacial score (nSPS) is 13.9. The largest absolute Gasteiger partial charge is 0.508 e. The molecule has 2 unspecified atom stereocenters. The second kappa shape index (κ2) is 5.56. The van der Waals surface area contributed by atoms with E-state index in [0.29, 0.717) is 0 Å². The molecule has 1 aromatic carbocycles. The van der Waals surface area contributed by atoms with Crippen molar-refractivity contribution in [2.24, 2.45) is 0 Å². The second-order valence-corrected chi connectivity index (χ2v) is 3.54. The number of hydrogen-bond donors (Lipinski definition) is 5. The number of carbonyl (C=O) groups excluding carboxylic acids is 1. The Morgan fingerprint density at radius 2 is 1.72 bits per heavy atom. The van der Waals surface area contributed by atoms with Gasteiger partial charge < -0.3 is 30.3 Å². The van der Waals surface area contributed by atoms with E-state index in [-0.39, 0.29) is 6.61 Å². The topological polar surface area (TPSA) is 127 Å². The van der Waals surface area contributed by atoms with Gasteiger partial charge in [-0.3, -0.25) is 0 Å². The minimum absolute atomic E-state index is 0.0101. The molecule has 5 N–H and O–H groups in total. The molecule has 0 saturated heterocycles. The third-order valence-electron chi connectivity index (χ3n) is 2.24. The molecule has 1 aromatic rings. The van der Waals surface area contributed by atoms with Crippen molar-refractivity contribution in [1.82, 2.24) is 0 Å². The molecule has 0 spiro atoms. The van der Waals surface area contributed by atoms with Crippen LogP contribution in [0, 0.1) is 0 Å². The lowest BCUT2D eigenvalue weighted by molar-refractivity contribution is -0.159. The third kappa shape index (κ3) is 2.82. The van der Waals surface area contributed by atoms with Crippen molar-refractivity contribution < 1.29 is 35.1 Å². The van der Waals surface area contributed by atoms with Gasteiger partial charge >= 0.3 is 5.97 Å². The summed E-state index contributed by atoms with van der Waals surface area (Å²) in [5, 5.41) is 47.2. The van der Waals surface area contributed by atoms with Gasteiger partial charge in [0.15, 0.2) is 6.10 Å². The lowest BCUT2D eigenvalue weighted by Gasteiger charge is -2.18. The fourth-order valence-corrected chi connectivity index (χ4v) is 1.43. The molecule has 0 bridgehead atoms. The molecule has 0 aliphatic carbocycles. The first-order valence-electron chi connectivity index (χ1n) is 5.16. The minimum atomic E-state index is -1.95. The maximum absolute atomic E-state index is 11.2. The van der Waals surface area contributed by atoms with E-state index in [9.17, 15) is 25.2 Å². The highest BCUT2D eigenvalue weighted by Gasteiger charge is 2.31. The van der Waals surface area contributed by atoms with Crippen LogP contribution >= 0.6 is 0 Å². The number of carbonyl (C=O) groups is 1. The van der Waals surface area contributed by atoms with Gasteiger partial charge in [0, 0.05) is 12.1 Å². The van der Waals surface area contributed by atoms with Crippen LogP contribution in [0.2, 0.25) is 0 Å². The Kier molecular flexibility index (Phi) is 4.35. The van der Waals surface area contributed by atoms with Crippen LogP contribution in [0.1, 0.15) is 18.6 Å². The molecule has 0 aliphatic heterocycles. The van der Waals surface area contributed by atoms with Crippen LogP contribution in [-0.4, -0.2) is 44.2 Å². The van der Waals surface area contributed by atoms with E-state index in [1.165, 1.54) is 6.92 Å². The molecule has 0 heterocycles. The van der Waals surface area contributed by atoms with Crippen LogP contribution in [0.4, 0.5) is 0 Å². The first-order chi connectivity index (χ1) is 8.38. The zero-order chi connectivity index (χ0) is 13.9.